The second kappa shape index (κ2) is 5.83. The SMILES string of the molecule is O=S1(=O)CCC(NCc2ccc(-c3cccc(Cl)c3)o2)C1. The molecule has 1 aromatic carbocycles. The zero-order valence-electron chi connectivity index (χ0n) is 11.4. The first-order chi connectivity index (χ1) is 10.0. The van der Waals surface area contributed by atoms with Crippen molar-refractivity contribution in [3.8, 4) is 11.3 Å². The molecule has 1 aromatic heterocycles. The normalized spacial score (nSPS) is 20.7. The fourth-order valence-corrected chi connectivity index (χ4v) is 4.37. The second-order valence-corrected chi connectivity index (χ2v) is 7.92. The monoisotopic (exact) mass is 325 g/mol. The molecule has 4 nitrogen and oxygen atoms in total. The second-order valence-electron chi connectivity index (χ2n) is 5.26. The Balaban J connectivity index is 1.63. The highest BCUT2D eigenvalue weighted by Crippen LogP contribution is 2.25. The van der Waals surface area contributed by atoms with E-state index in [9.17, 15) is 8.42 Å². The van der Waals surface area contributed by atoms with E-state index < -0.39 is 9.84 Å². The van der Waals surface area contributed by atoms with Crippen LogP contribution >= 0.6 is 11.6 Å². The van der Waals surface area contributed by atoms with Gasteiger partial charge in [0.05, 0.1) is 18.1 Å². The molecule has 112 valence electrons. The fraction of sp³-hybridized carbons (Fsp3) is 0.333. The number of nitrogens with one attached hydrogen (secondary N) is 1. The van der Waals surface area contributed by atoms with Gasteiger partial charge in [-0.3, -0.25) is 0 Å². The molecule has 2 aromatic rings. The van der Waals surface area contributed by atoms with Crippen LogP contribution in [0.25, 0.3) is 11.3 Å². The van der Waals surface area contributed by atoms with Crippen molar-refractivity contribution in [2.75, 3.05) is 11.5 Å². The van der Waals surface area contributed by atoms with Crippen LogP contribution in [0.2, 0.25) is 5.02 Å². The van der Waals surface area contributed by atoms with Crippen molar-refractivity contribution >= 4 is 21.4 Å². The third-order valence-corrected chi connectivity index (χ3v) is 5.57. The van der Waals surface area contributed by atoms with Crippen LogP contribution in [-0.4, -0.2) is 26.0 Å². The Morgan fingerprint density at radius 3 is 2.86 bits per heavy atom. The van der Waals surface area contributed by atoms with Crippen LogP contribution in [0.5, 0.6) is 0 Å². The number of furan rings is 1. The average molecular weight is 326 g/mol. The van der Waals surface area contributed by atoms with Crippen LogP contribution in [0.3, 0.4) is 0 Å². The van der Waals surface area contributed by atoms with E-state index in [1.165, 1.54) is 0 Å². The van der Waals surface area contributed by atoms with E-state index in [0.717, 1.165) is 17.1 Å². The fourth-order valence-electron chi connectivity index (χ4n) is 2.47. The van der Waals surface area contributed by atoms with Crippen molar-refractivity contribution in [3.05, 3.63) is 47.2 Å². The minimum absolute atomic E-state index is 0.0229. The van der Waals surface area contributed by atoms with Crippen LogP contribution in [0.4, 0.5) is 0 Å². The third kappa shape index (κ3) is 3.67. The maximum atomic E-state index is 11.4. The molecule has 1 N–H and O–H groups in total. The molecule has 0 spiro atoms. The molecular weight excluding hydrogens is 310 g/mol. The quantitative estimate of drug-likeness (QED) is 0.939. The molecule has 1 aliphatic rings. The van der Waals surface area contributed by atoms with Crippen LogP contribution in [-0.2, 0) is 16.4 Å². The summed E-state index contributed by atoms with van der Waals surface area (Å²) in [7, 11) is -2.85. The van der Waals surface area contributed by atoms with Gasteiger partial charge >= 0.3 is 0 Å². The van der Waals surface area contributed by atoms with Crippen molar-refractivity contribution in [2.45, 2.75) is 19.0 Å². The highest BCUT2D eigenvalue weighted by Gasteiger charge is 2.27. The number of hydrogen-bond donors (Lipinski definition) is 1. The summed E-state index contributed by atoms with van der Waals surface area (Å²) < 4.78 is 28.6. The van der Waals surface area contributed by atoms with E-state index in [4.69, 9.17) is 16.0 Å². The van der Waals surface area contributed by atoms with Gasteiger partial charge in [0.2, 0.25) is 0 Å². The molecule has 1 fully saturated rings. The maximum absolute atomic E-state index is 11.4. The van der Waals surface area contributed by atoms with Gasteiger partial charge < -0.3 is 9.73 Å². The van der Waals surface area contributed by atoms with Gasteiger partial charge in [0.25, 0.3) is 0 Å². The molecule has 2 heterocycles. The van der Waals surface area contributed by atoms with Crippen LogP contribution in [0.15, 0.2) is 40.8 Å². The van der Waals surface area contributed by atoms with E-state index in [0.29, 0.717) is 18.0 Å². The van der Waals surface area contributed by atoms with Gasteiger partial charge in [-0.1, -0.05) is 23.7 Å². The summed E-state index contributed by atoms with van der Waals surface area (Å²) in [6, 6.07) is 11.3. The van der Waals surface area contributed by atoms with Gasteiger partial charge in [-0.2, -0.15) is 0 Å². The molecule has 0 radical (unpaired) electrons. The van der Waals surface area contributed by atoms with E-state index in [2.05, 4.69) is 5.32 Å². The van der Waals surface area contributed by atoms with Crippen LogP contribution < -0.4 is 5.32 Å². The molecule has 0 amide bonds. The molecule has 0 bridgehead atoms. The Labute approximate surface area is 129 Å². The summed E-state index contributed by atoms with van der Waals surface area (Å²) >= 11 is 5.96. The Bertz CT molecular complexity index is 739. The molecule has 1 unspecified atom stereocenters. The van der Waals surface area contributed by atoms with E-state index in [-0.39, 0.29) is 17.5 Å². The van der Waals surface area contributed by atoms with E-state index in [1.54, 1.807) is 0 Å². The first-order valence-electron chi connectivity index (χ1n) is 6.80. The maximum Gasteiger partial charge on any atom is 0.151 e. The molecule has 1 aliphatic heterocycles. The lowest BCUT2D eigenvalue weighted by Crippen LogP contribution is -2.29. The van der Waals surface area contributed by atoms with Crippen LogP contribution in [0, 0.1) is 0 Å². The molecule has 21 heavy (non-hydrogen) atoms. The number of benzene rings is 1. The molecule has 1 atom stereocenters. The van der Waals surface area contributed by atoms with Crippen molar-refractivity contribution in [1.82, 2.24) is 5.32 Å². The Morgan fingerprint density at radius 1 is 1.29 bits per heavy atom. The highest BCUT2D eigenvalue weighted by molar-refractivity contribution is 7.91. The van der Waals surface area contributed by atoms with Crippen molar-refractivity contribution in [2.24, 2.45) is 0 Å². The minimum atomic E-state index is -2.85. The number of rotatable bonds is 4. The summed E-state index contributed by atoms with van der Waals surface area (Å²) in [4.78, 5) is 0. The smallest absolute Gasteiger partial charge is 0.151 e. The standard InChI is InChI=1S/C15H16ClNO3S/c16-12-3-1-2-11(8-12)15-5-4-14(20-15)9-17-13-6-7-21(18,19)10-13/h1-5,8,13,17H,6-7,9-10H2. The van der Waals surface area contributed by atoms with Crippen LogP contribution in [0.1, 0.15) is 12.2 Å². The van der Waals surface area contributed by atoms with Gasteiger partial charge in [-0.25, -0.2) is 8.42 Å². The first-order valence-corrected chi connectivity index (χ1v) is 9.00. The molecule has 6 heteroatoms. The zero-order chi connectivity index (χ0) is 14.9. The van der Waals surface area contributed by atoms with Crippen molar-refractivity contribution in [3.63, 3.8) is 0 Å². The van der Waals surface area contributed by atoms with E-state index >= 15 is 0 Å². The molecule has 0 aliphatic carbocycles. The van der Waals surface area contributed by atoms with Crippen molar-refractivity contribution in [1.29, 1.82) is 0 Å². The Morgan fingerprint density at radius 2 is 2.14 bits per heavy atom. The predicted octanol–water partition coefficient (Wildman–Crippen LogP) is 2.88. The zero-order valence-corrected chi connectivity index (χ0v) is 13.0. The number of halogens is 1. The molecular formula is C15H16ClNO3S. The summed E-state index contributed by atoms with van der Waals surface area (Å²) in [5, 5.41) is 3.90. The largest absolute Gasteiger partial charge is 0.460 e. The third-order valence-electron chi connectivity index (χ3n) is 3.57. The van der Waals surface area contributed by atoms with Gasteiger partial charge in [-0.15, -0.1) is 0 Å². The minimum Gasteiger partial charge on any atom is -0.460 e. The lowest BCUT2D eigenvalue weighted by Gasteiger charge is -2.08. The predicted molar refractivity (Wildman–Crippen MR) is 83.1 cm³/mol. The summed E-state index contributed by atoms with van der Waals surface area (Å²) in [6.45, 7) is 0.529. The molecule has 0 saturated carbocycles. The average Bonchev–Trinajstić information content (AvgIpc) is 3.03. The Kier molecular flexibility index (Phi) is 4.06. The lowest BCUT2D eigenvalue weighted by molar-refractivity contribution is 0.464. The molecule has 3 rings (SSSR count). The number of hydrogen-bond acceptors (Lipinski definition) is 4. The molecule has 1 saturated heterocycles. The summed E-state index contributed by atoms with van der Waals surface area (Å²) in [5.74, 6) is 2.04. The van der Waals surface area contributed by atoms with Gasteiger partial charge in [0.15, 0.2) is 9.84 Å². The first kappa shape index (κ1) is 14.6. The van der Waals surface area contributed by atoms with Gasteiger partial charge in [0, 0.05) is 16.6 Å². The topological polar surface area (TPSA) is 59.3 Å². The van der Waals surface area contributed by atoms with Crippen molar-refractivity contribution < 1.29 is 12.8 Å². The summed E-state index contributed by atoms with van der Waals surface area (Å²) in [5.41, 5.74) is 0.928. The Hall–Kier alpha value is -1.30. The van der Waals surface area contributed by atoms with Gasteiger partial charge in [0.1, 0.15) is 11.5 Å². The van der Waals surface area contributed by atoms with E-state index in [1.807, 2.05) is 36.4 Å². The number of sulfone groups is 1. The van der Waals surface area contributed by atoms with Gasteiger partial charge in [-0.05, 0) is 30.7 Å². The lowest BCUT2D eigenvalue weighted by atomic mass is 10.2. The summed E-state index contributed by atoms with van der Waals surface area (Å²) in [6.07, 6.45) is 0.671. The highest BCUT2D eigenvalue weighted by atomic mass is 35.5.